The lowest BCUT2D eigenvalue weighted by molar-refractivity contribution is -0.140. The van der Waals surface area contributed by atoms with E-state index in [1.54, 1.807) is 6.08 Å². The van der Waals surface area contributed by atoms with Gasteiger partial charge in [-0.1, -0.05) is 41.5 Å². The van der Waals surface area contributed by atoms with E-state index in [0.717, 1.165) is 5.56 Å². The summed E-state index contributed by atoms with van der Waals surface area (Å²) in [5, 5.41) is 3.47. The van der Waals surface area contributed by atoms with Crippen LogP contribution < -0.4 is 0 Å². The van der Waals surface area contributed by atoms with Gasteiger partial charge in [0.05, 0.1) is 0 Å². The molecule has 0 bridgehead atoms. The Bertz CT molecular complexity index is 602. The second kappa shape index (κ2) is 8.00. The number of hydrogen-bond acceptors (Lipinski definition) is 3. The molecule has 1 unspecified atom stereocenters. The Morgan fingerprint density at radius 3 is 2.36 bits per heavy atom. The van der Waals surface area contributed by atoms with E-state index >= 15 is 0 Å². The molecule has 0 radical (unpaired) electrons. The Balaban J connectivity index is 3.08. The summed E-state index contributed by atoms with van der Waals surface area (Å²) in [6.07, 6.45) is 2.88. The molecule has 0 spiro atoms. The topological polar surface area (TPSA) is 86.1 Å². The first-order valence-corrected chi connectivity index (χ1v) is 7.12. The van der Waals surface area contributed by atoms with Crippen LogP contribution in [-0.4, -0.2) is 35.2 Å². The summed E-state index contributed by atoms with van der Waals surface area (Å²) in [6.45, 7) is 5.86. The third kappa shape index (κ3) is 3.96. The summed E-state index contributed by atoms with van der Waals surface area (Å²) in [7, 11) is 0. The van der Waals surface area contributed by atoms with Gasteiger partial charge in [-0.15, -0.1) is 0 Å². The normalized spacial score (nSPS) is 13.2. The summed E-state index contributed by atoms with van der Waals surface area (Å²) in [6, 6.07) is 9.23. The molecule has 6 nitrogen and oxygen atoms in total. The molecule has 1 atom stereocenters. The van der Waals surface area contributed by atoms with Crippen molar-refractivity contribution >= 4 is 17.8 Å². The zero-order valence-electron chi connectivity index (χ0n) is 13.1. The molecular weight excluding hydrogens is 280 g/mol. The molecule has 0 N–H and O–H groups in total. The van der Waals surface area contributed by atoms with E-state index in [4.69, 9.17) is 5.53 Å². The minimum atomic E-state index is -1.76. The van der Waals surface area contributed by atoms with Gasteiger partial charge in [0.25, 0.3) is 0 Å². The second-order valence-electron chi connectivity index (χ2n) is 4.85. The smallest absolute Gasteiger partial charge is 0.242 e. The molecule has 0 aliphatic carbocycles. The van der Waals surface area contributed by atoms with E-state index in [1.807, 2.05) is 44.2 Å². The molecule has 0 aliphatic rings. The minimum absolute atomic E-state index is 0.446. The van der Waals surface area contributed by atoms with Crippen LogP contribution in [0.2, 0.25) is 0 Å². The molecule has 0 aromatic heterocycles. The average Bonchev–Trinajstić information content (AvgIpc) is 2.54. The maximum atomic E-state index is 12.5. The molecule has 116 valence electrons. The van der Waals surface area contributed by atoms with Crippen LogP contribution in [0, 0.1) is 0 Å². The molecule has 0 heterocycles. The van der Waals surface area contributed by atoms with E-state index in [9.17, 15) is 9.59 Å². The Kier molecular flexibility index (Phi) is 6.35. The first-order chi connectivity index (χ1) is 10.5. The fourth-order valence-electron chi connectivity index (χ4n) is 2.00. The SMILES string of the molecule is CCN(CC)C(=O)C(C)(N=[N+]=[N-])C(=O)/C=C/c1ccccc1. The quantitative estimate of drug-likeness (QED) is 0.254. The average molecular weight is 300 g/mol. The van der Waals surface area contributed by atoms with Crippen molar-refractivity contribution in [2.75, 3.05) is 13.1 Å². The number of hydrogen-bond donors (Lipinski definition) is 0. The fourth-order valence-corrected chi connectivity index (χ4v) is 2.00. The van der Waals surface area contributed by atoms with E-state index in [0.29, 0.717) is 13.1 Å². The van der Waals surface area contributed by atoms with E-state index in [1.165, 1.54) is 17.9 Å². The first-order valence-electron chi connectivity index (χ1n) is 7.12. The number of rotatable bonds is 7. The van der Waals surface area contributed by atoms with Gasteiger partial charge >= 0.3 is 0 Å². The van der Waals surface area contributed by atoms with Crippen LogP contribution in [0.25, 0.3) is 16.5 Å². The number of carbonyl (C=O) groups is 2. The Morgan fingerprint density at radius 2 is 1.86 bits per heavy atom. The van der Waals surface area contributed by atoms with Crippen molar-refractivity contribution in [1.82, 2.24) is 4.90 Å². The number of benzene rings is 1. The zero-order chi connectivity index (χ0) is 16.6. The zero-order valence-corrected chi connectivity index (χ0v) is 13.1. The highest BCUT2D eigenvalue weighted by Gasteiger charge is 2.41. The maximum Gasteiger partial charge on any atom is 0.242 e. The lowest BCUT2D eigenvalue weighted by Gasteiger charge is -2.28. The first kappa shape index (κ1) is 17.5. The van der Waals surface area contributed by atoms with Crippen molar-refractivity contribution < 1.29 is 9.59 Å². The Hall–Kier alpha value is -2.59. The molecule has 1 aromatic carbocycles. The second-order valence-corrected chi connectivity index (χ2v) is 4.85. The van der Waals surface area contributed by atoms with E-state index in [-0.39, 0.29) is 0 Å². The molecule has 1 aromatic rings. The predicted octanol–water partition coefficient (Wildman–Crippen LogP) is 3.21. The molecule has 1 rings (SSSR count). The lowest BCUT2D eigenvalue weighted by Crippen LogP contribution is -2.50. The van der Waals surface area contributed by atoms with Gasteiger partial charge in [0.2, 0.25) is 5.91 Å². The summed E-state index contributed by atoms with van der Waals surface area (Å²) in [5.41, 5.74) is 7.79. The van der Waals surface area contributed by atoms with Gasteiger partial charge in [-0.2, -0.15) is 0 Å². The third-order valence-corrected chi connectivity index (χ3v) is 3.42. The summed E-state index contributed by atoms with van der Waals surface area (Å²) < 4.78 is 0. The number of likely N-dealkylation sites (N-methyl/N-ethyl adjacent to an activating group) is 1. The summed E-state index contributed by atoms with van der Waals surface area (Å²) in [4.78, 5) is 29.0. The molecule has 0 fully saturated rings. The molecule has 1 amide bonds. The molecule has 0 aliphatic heterocycles. The van der Waals surface area contributed by atoms with Crippen LogP contribution >= 0.6 is 0 Å². The number of nitrogens with zero attached hydrogens (tertiary/aromatic N) is 4. The van der Waals surface area contributed by atoms with Crippen LogP contribution in [0.5, 0.6) is 0 Å². The van der Waals surface area contributed by atoms with Crippen molar-refractivity contribution in [3.8, 4) is 0 Å². The van der Waals surface area contributed by atoms with Crippen LogP contribution in [0.15, 0.2) is 41.5 Å². The molecule has 6 heteroatoms. The number of ketones is 1. The van der Waals surface area contributed by atoms with Crippen LogP contribution in [-0.2, 0) is 9.59 Å². The van der Waals surface area contributed by atoms with Gasteiger partial charge in [-0.05, 0) is 37.9 Å². The monoisotopic (exact) mass is 300 g/mol. The van der Waals surface area contributed by atoms with Gasteiger partial charge in [0, 0.05) is 18.0 Å². The molecular formula is C16H20N4O2. The molecule has 0 saturated heterocycles. The predicted molar refractivity (Wildman–Crippen MR) is 86.0 cm³/mol. The highest BCUT2D eigenvalue weighted by molar-refractivity contribution is 6.16. The van der Waals surface area contributed by atoms with E-state index in [2.05, 4.69) is 10.0 Å². The number of azide groups is 1. The number of carbonyl (C=O) groups excluding carboxylic acids is 2. The van der Waals surface area contributed by atoms with Gasteiger partial charge in [-0.3, -0.25) is 9.59 Å². The molecule has 0 saturated carbocycles. The minimum Gasteiger partial charge on any atom is -0.342 e. The van der Waals surface area contributed by atoms with Crippen molar-refractivity contribution in [2.24, 2.45) is 5.11 Å². The van der Waals surface area contributed by atoms with Crippen LogP contribution in [0.3, 0.4) is 0 Å². The largest absolute Gasteiger partial charge is 0.342 e. The highest BCUT2D eigenvalue weighted by atomic mass is 16.2. The van der Waals surface area contributed by atoms with Gasteiger partial charge in [-0.25, -0.2) is 0 Å². The summed E-state index contributed by atoms with van der Waals surface area (Å²) in [5.74, 6) is -1.02. The molecule has 22 heavy (non-hydrogen) atoms. The Morgan fingerprint density at radius 1 is 1.27 bits per heavy atom. The Labute approximate surface area is 130 Å². The van der Waals surface area contributed by atoms with Gasteiger partial charge < -0.3 is 4.90 Å². The highest BCUT2D eigenvalue weighted by Crippen LogP contribution is 2.18. The van der Waals surface area contributed by atoms with Crippen LogP contribution in [0.1, 0.15) is 26.3 Å². The van der Waals surface area contributed by atoms with E-state index < -0.39 is 17.2 Å². The lowest BCUT2D eigenvalue weighted by atomic mass is 9.94. The standard InChI is InChI=1S/C16H20N4O2/c1-4-20(5-2)15(22)16(3,18-19-17)14(21)12-11-13-9-7-6-8-10-13/h6-12H,4-5H2,1-3H3/b12-11+. The fraction of sp³-hybridized carbons (Fsp3) is 0.375. The van der Waals surface area contributed by atoms with Crippen LogP contribution in [0.4, 0.5) is 0 Å². The summed E-state index contributed by atoms with van der Waals surface area (Å²) >= 11 is 0. The van der Waals surface area contributed by atoms with Crippen molar-refractivity contribution in [1.29, 1.82) is 0 Å². The number of amides is 1. The van der Waals surface area contributed by atoms with Crippen molar-refractivity contribution in [2.45, 2.75) is 26.3 Å². The maximum absolute atomic E-state index is 12.5. The third-order valence-electron chi connectivity index (χ3n) is 3.42. The van der Waals surface area contributed by atoms with Gasteiger partial charge in [0.1, 0.15) is 0 Å². The van der Waals surface area contributed by atoms with Crippen molar-refractivity contribution in [3.63, 3.8) is 0 Å². The van der Waals surface area contributed by atoms with Gasteiger partial charge in [0.15, 0.2) is 11.3 Å². The van der Waals surface area contributed by atoms with Crippen molar-refractivity contribution in [3.05, 3.63) is 52.4 Å².